The van der Waals surface area contributed by atoms with Gasteiger partial charge in [0.05, 0.1) is 17.3 Å². The third-order valence-electron chi connectivity index (χ3n) is 10.5. The molecular weight excluding hydrogens is 505 g/mol. The molecule has 8 heteroatoms. The Hall–Kier alpha value is -2.52. The Labute approximate surface area is 225 Å². The van der Waals surface area contributed by atoms with Gasteiger partial charge in [0.1, 0.15) is 6.10 Å². The van der Waals surface area contributed by atoms with Crippen LogP contribution in [0.1, 0.15) is 44.6 Å². The van der Waals surface area contributed by atoms with E-state index in [1.807, 2.05) is 50.2 Å². The van der Waals surface area contributed by atoms with Crippen molar-refractivity contribution in [3.63, 3.8) is 0 Å². The lowest BCUT2D eigenvalue weighted by Crippen LogP contribution is -2.62. The first-order valence-corrected chi connectivity index (χ1v) is 13.7. The monoisotopic (exact) mass is 538 g/mol. The van der Waals surface area contributed by atoms with Crippen LogP contribution in [0.4, 0.5) is 13.2 Å². The molecule has 3 heterocycles. The van der Waals surface area contributed by atoms with Crippen LogP contribution in [-0.2, 0) is 4.74 Å². The number of pyridine rings is 1. The van der Waals surface area contributed by atoms with Crippen LogP contribution in [0.15, 0.2) is 65.5 Å². The van der Waals surface area contributed by atoms with Gasteiger partial charge in [-0.05, 0) is 79.9 Å². The van der Waals surface area contributed by atoms with Gasteiger partial charge in [-0.15, -0.1) is 0 Å². The average Bonchev–Trinajstić information content (AvgIpc) is 3.40. The van der Waals surface area contributed by atoms with Crippen molar-refractivity contribution in [2.75, 3.05) is 14.1 Å². The number of aliphatic hydroxyl groups is 2. The number of halogens is 3. The molecule has 1 saturated heterocycles. The molecule has 206 valence electrons. The number of aliphatic hydroxyl groups excluding tert-OH is 2. The highest BCUT2D eigenvalue weighted by atomic mass is 19.4. The van der Waals surface area contributed by atoms with E-state index in [4.69, 9.17) is 4.74 Å². The van der Waals surface area contributed by atoms with E-state index in [9.17, 15) is 23.4 Å². The highest BCUT2D eigenvalue weighted by molar-refractivity contribution is 5.95. The van der Waals surface area contributed by atoms with E-state index in [2.05, 4.69) is 11.1 Å². The van der Waals surface area contributed by atoms with Gasteiger partial charge < -0.3 is 19.8 Å². The molecule has 5 nitrogen and oxygen atoms in total. The van der Waals surface area contributed by atoms with Crippen molar-refractivity contribution >= 4 is 16.3 Å². The Bertz CT molecular complexity index is 1470. The molecule has 2 fully saturated rings. The van der Waals surface area contributed by atoms with Gasteiger partial charge in [-0.25, -0.2) is 0 Å². The molecule has 3 aliphatic carbocycles. The number of hydrogen-bond donors (Lipinski definition) is 2. The molecule has 0 radical (unpaired) electrons. The second-order valence-electron chi connectivity index (χ2n) is 12.5. The summed E-state index contributed by atoms with van der Waals surface area (Å²) in [6.07, 6.45) is 2.12. The summed E-state index contributed by atoms with van der Waals surface area (Å²) >= 11 is 0. The number of allylic oxidation sites excluding steroid dienone is 3. The third kappa shape index (κ3) is 3.26. The molecule has 7 rings (SSSR count). The van der Waals surface area contributed by atoms with Gasteiger partial charge in [0.15, 0.2) is 0 Å². The quantitative estimate of drug-likeness (QED) is 0.551. The molecular formula is C31H33F3N2O3. The number of hydrogen-bond acceptors (Lipinski definition) is 5. The van der Waals surface area contributed by atoms with Gasteiger partial charge in [0, 0.05) is 40.7 Å². The van der Waals surface area contributed by atoms with Crippen LogP contribution in [0.3, 0.4) is 0 Å². The molecule has 2 aliphatic heterocycles. The summed E-state index contributed by atoms with van der Waals surface area (Å²) in [6.45, 7) is 1.98. The van der Waals surface area contributed by atoms with Crippen molar-refractivity contribution < 1.29 is 28.1 Å². The van der Waals surface area contributed by atoms with E-state index in [0.29, 0.717) is 31.3 Å². The van der Waals surface area contributed by atoms with Crippen LogP contribution in [0.5, 0.6) is 0 Å². The minimum absolute atomic E-state index is 0.159. The van der Waals surface area contributed by atoms with Crippen LogP contribution in [0, 0.1) is 11.3 Å². The van der Waals surface area contributed by atoms with Crippen LogP contribution >= 0.6 is 0 Å². The van der Waals surface area contributed by atoms with E-state index in [0.717, 1.165) is 21.9 Å². The maximum Gasteiger partial charge on any atom is 0.413 e. The number of aromatic nitrogens is 1. The predicted molar refractivity (Wildman–Crippen MR) is 142 cm³/mol. The number of alkyl halides is 3. The summed E-state index contributed by atoms with van der Waals surface area (Å²) in [6, 6.07) is 7.49. The van der Waals surface area contributed by atoms with Crippen LogP contribution < -0.4 is 0 Å². The number of fused-ring (bicyclic) bond motifs is 2. The van der Waals surface area contributed by atoms with E-state index in [1.165, 1.54) is 0 Å². The Morgan fingerprint density at radius 3 is 2.67 bits per heavy atom. The second-order valence-corrected chi connectivity index (χ2v) is 12.5. The number of ether oxygens (including phenoxy) is 1. The SMILES string of the molecule is CN(C)C1CC23CCC4(O2)C(=C(C(F)(F)F)CC2(C)C(c5cccc6cnccc56)=CCC24)C=C3C(O)C1O. The van der Waals surface area contributed by atoms with Crippen molar-refractivity contribution in [3.8, 4) is 0 Å². The summed E-state index contributed by atoms with van der Waals surface area (Å²) in [7, 11) is 3.69. The van der Waals surface area contributed by atoms with E-state index < -0.39 is 40.6 Å². The van der Waals surface area contributed by atoms with E-state index in [-0.39, 0.29) is 24.0 Å². The van der Waals surface area contributed by atoms with Gasteiger partial charge in [-0.2, -0.15) is 13.2 Å². The Balaban J connectivity index is 1.42. The molecule has 1 saturated carbocycles. The summed E-state index contributed by atoms with van der Waals surface area (Å²) in [5.41, 5.74) is -0.924. The van der Waals surface area contributed by atoms with Crippen molar-refractivity contribution in [2.45, 2.75) is 74.7 Å². The van der Waals surface area contributed by atoms with Crippen LogP contribution in [-0.4, -0.2) is 69.8 Å². The highest BCUT2D eigenvalue weighted by Crippen LogP contribution is 2.70. The lowest BCUT2D eigenvalue weighted by atomic mass is 9.56. The summed E-state index contributed by atoms with van der Waals surface area (Å²) in [4.78, 5) is 6.10. The smallest absolute Gasteiger partial charge is 0.388 e. The Morgan fingerprint density at radius 1 is 1.13 bits per heavy atom. The van der Waals surface area contributed by atoms with Gasteiger partial charge >= 0.3 is 6.18 Å². The Kier molecular flexibility index (Phi) is 5.24. The molecule has 5 aliphatic rings. The zero-order chi connectivity index (χ0) is 27.5. The van der Waals surface area contributed by atoms with Crippen LogP contribution in [0.2, 0.25) is 0 Å². The van der Waals surface area contributed by atoms with Gasteiger partial charge in [-0.1, -0.05) is 37.3 Å². The largest absolute Gasteiger partial charge is 0.413 e. The second kappa shape index (κ2) is 8.03. The molecule has 2 N–H and O–H groups in total. The van der Waals surface area contributed by atoms with E-state index >= 15 is 0 Å². The minimum atomic E-state index is -4.56. The van der Waals surface area contributed by atoms with Crippen molar-refractivity contribution in [1.82, 2.24) is 9.88 Å². The van der Waals surface area contributed by atoms with Gasteiger partial charge in [0.2, 0.25) is 0 Å². The predicted octanol–water partition coefficient (Wildman–Crippen LogP) is 5.19. The zero-order valence-electron chi connectivity index (χ0n) is 22.3. The molecule has 2 bridgehead atoms. The molecule has 1 aromatic heterocycles. The lowest BCUT2D eigenvalue weighted by Gasteiger charge is -2.57. The van der Waals surface area contributed by atoms with Crippen LogP contribution in [0.25, 0.3) is 16.3 Å². The first-order valence-electron chi connectivity index (χ1n) is 13.7. The molecule has 7 unspecified atom stereocenters. The summed E-state index contributed by atoms with van der Waals surface area (Å²) in [5.74, 6) is -0.183. The lowest BCUT2D eigenvalue weighted by molar-refractivity contribution is -0.170. The van der Waals surface area contributed by atoms with E-state index in [1.54, 1.807) is 18.5 Å². The van der Waals surface area contributed by atoms with Crippen molar-refractivity contribution in [1.29, 1.82) is 0 Å². The molecule has 1 aromatic carbocycles. The van der Waals surface area contributed by atoms with Crippen molar-refractivity contribution in [3.05, 3.63) is 71.1 Å². The number of benzene rings is 1. The van der Waals surface area contributed by atoms with Gasteiger partial charge in [0.25, 0.3) is 0 Å². The molecule has 7 atom stereocenters. The fraction of sp³-hybridized carbons (Fsp3) is 0.516. The normalized spacial score (nSPS) is 39.4. The maximum absolute atomic E-state index is 14.9. The zero-order valence-corrected chi connectivity index (χ0v) is 22.3. The average molecular weight is 539 g/mol. The fourth-order valence-corrected chi connectivity index (χ4v) is 8.70. The third-order valence-corrected chi connectivity index (χ3v) is 10.5. The molecule has 0 amide bonds. The maximum atomic E-state index is 14.9. The number of likely N-dealkylation sites (N-methyl/N-ethyl adjacent to an activating group) is 1. The molecule has 39 heavy (non-hydrogen) atoms. The standard InChI is InChI=1S/C31H33F3N2O3/c1-28-14-23(31(32,33)34)21-13-22-26(37)27(38)24(36(2)3)15-29(22)10-11-30(21,39-29)25(28)8-7-20(28)19-6-4-5-17-16-35-12-9-18(17)19/h4-7,9,12-13,16,24-27,37-38H,8,10-11,14-15H2,1-3H3. The minimum Gasteiger partial charge on any atom is -0.388 e. The molecule has 2 spiro atoms. The first kappa shape index (κ1) is 25.4. The highest BCUT2D eigenvalue weighted by Gasteiger charge is 2.69. The first-order chi connectivity index (χ1) is 18.4. The summed E-state index contributed by atoms with van der Waals surface area (Å²) < 4.78 is 51.7. The fourth-order valence-electron chi connectivity index (χ4n) is 8.70. The summed E-state index contributed by atoms with van der Waals surface area (Å²) in [5, 5.41) is 24.0. The topological polar surface area (TPSA) is 65.8 Å². The number of nitrogens with zero attached hydrogens (tertiary/aromatic N) is 2. The van der Waals surface area contributed by atoms with Gasteiger partial charge in [-0.3, -0.25) is 4.98 Å². The number of rotatable bonds is 2. The Morgan fingerprint density at radius 2 is 1.92 bits per heavy atom. The molecule has 2 aromatic rings. The van der Waals surface area contributed by atoms with Crippen molar-refractivity contribution in [2.24, 2.45) is 11.3 Å².